The molecule has 0 heterocycles. The summed E-state index contributed by atoms with van der Waals surface area (Å²) >= 11 is 0. The predicted molar refractivity (Wildman–Crippen MR) is 53.6 cm³/mol. The van der Waals surface area contributed by atoms with Gasteiger partial charge in [0.15, 0.2) is 0 Å². The highest BCUT2D eigenvalue weighted by Crippen LogP contribution is 2.37. The highest BCUT2D eigenvalue weighted by molar-refractivity contribution is 7.86. The van der Waals surface area contributed by atoms with Gasteiger partial charge in [0.1, 0.15) is 4.90 Å². The van der Waals surface area contributed by atoms with Crippen LogP contribution in [0.5, 0.6) is 0 Å². The molecule has 0 spiro atoms. The molecule has 0 radical (unpaired) electrons. The van der Waals surface area contributed by atoms with E-state index in [2.05, 4.69) is 0 Å². The Labute approximate surface area is 80.4 Å². The van der Waals surface area contributed by atoms with Crippen molar-refractivity contribution in [3.05, 3.63) is 30.3 Å². The van der Waals surface area contributed by atoms with Crippen molar-refractivity contribution in [2.24, 2.45) is 0 Å². The Morgan fingerprint density at radius 2 is 1.79 bits per heavy atom. The van der Waals surface area contributed by atoms with Crippen LogP contribution in [-0.4, -0.2) is 13.0 Å². The first kappa shape index (κ1) is 7.96. The van der Waals surface area contributed by atoms with Gasteiger partial charge in [0.25, 0.3) is 10.1 Å². The zero-order chi connectivity index (χ0) is 9.92. The second kappa shape index (κ2) is 2.16. The molecule has 4 aromatic rings. The van der Waals surface area contributed by atoms with E-state index in [1.807, 2.05) is 18.2 Å². The molecule has 3 nitrogen and oxygen atoms in total. The Balaban J connectivity index is 2.57. The van der Waals surface area contributed by atoms with E-state index in [4.69, 9.17) is 4.55 Å². The van der Waals surface area contributed by atoms with Crippen molar-refractivity contribution in [2.75, 3.05) is 0 Å². The summed E-state index contributed by atoms with van der Waals surface area (Å²) in [5.41, 5.74) is 0. The average molecular weight is 206 g/mol. The van der Waals surface area contributed by atoms with Gasteiger partial charge in [0, 0.05) is 5.39 Å². The van der Waals surface area contributed by atoms with Gasteiger partial charge >= 0.3 is 0 Å². The first-order valence-corrected chi connectivity index (χ1v) is 5.56. The molecule has 4 heteroatoms. The first-order valence-electron chi connectivity index (χ1n) is 4.12. The van der Waals surface area contributed by atoms with Crippen molar-refractivity contribution < 1.29 is 13.0 Å². The molecule has 0 aromatic heterocycles. The number of fused-ring (bicyclic) bond motifs is 1. The Hall–Kier alpha value is -1.39. The van der Waals surface area contributed by atoms with Gasteiger partial charge in [-0.3, -0.25) is 4.55 Å². The summed E-state index contributed by atoms with van der Waals surface area (Å²) in [7, 11) is -4.10. The molecule has 70 valence electrons. The monoisotopic (exact) mass is 206 g/mol. The van der Waals surface area contributed by atoms with Gasteiger partial charge in [-0.05, 0) is 28.3 Å². The summed E-state index contributed by atoms with van der Waals surface area (Å²) < 4.78 is 31.0. The van der Waals surface area contributed by atoms with Crippen molar-refractivity contribution in [3.8, 4) is 0 Å². The van der Waals surface area contributed by atoms with Gasteiger partial charge in [0.05, 0.1) is 0 Å². The Bertz CT molecular complexity index is 684. The Kier molecular flexibility index (Phi) is 1.23. The molecule has 0 saturated carbocycles. The van der Waals surface area contributed by atoms with Crippen LogP contribution in [0.3, 0.4) is 0 Å². The molecule has 14 heavy (non-hydrogen) atoms. The lowest BCUT2D eigenvalue weighted by Gasteiger charge is -2.14. The zero-order valence-corrected chi connectivity index (χ0v) is 7.88. The van der Waals surface area contributed by atoms with Crippen LogP contribution in [-0.2, 0) is 10.1 Å². The molecule has 0 saturated heterocycles. The molecule has 0 unspecified atom stereocenters. The molecule has 4 aromatic carbocycles. The molecular weight excluding hydrogens is 200 g/mol. The average Bonchev–Trinajstić information content (AvgIpc) is 2.07. The van der Waals surface area contributed by atoms with E-state index in [0.717, 1.165) is 16.2 Å². The lowest BCUT2D eigenvalue weighted by atomic mass is 9.95. The fourth-order valence-electron chi connectivity index (χ4n) is 1.89. The molecule has 0 aliphatic rings. The molecule has 4 bridgehead atoms. The summed E-state index contributed by atoms with van der Waals surface area (Å²) in [6.07, 6.45) is 0. The maximum Gasteiger partial charge on any atom is 0.295 e. The van der Waals surface area contributed by atoms with Crippen LogP contribution in [0.2, 0.25) is 0 Å². The van der Waals surface area contributed by atoms with Gasteiger partial charge in [-0.1, -0.05) is 18.2 Å². The van der Waals surface area contributed by atoms with E-state index in [0.29, 0.717) is 5.39 Å². The van der Waals surface area contributed by atoms with Gasteiger partial charge in [-0.15, -0.1) is 0 Å². The van der Waals surface area contributed by atoms with Crippen LogP contribution in [0.15, 0.2) is 35.2 Å². The van der Waals surface area contributed by atoms with Crippen molar-refractivity contribution in [2.45, 2.75) is 4.90 Å². The minimum absolute atomic E-state index is 0.0121. The van der Waals surface area contributed by atoms with Crippen LogP contribution in [0.1, 0.15) is 0 Å². The predicted octanol–water partition coefficient (Wildman–Crippen LogP) is 2.12. The topological polar surface area (TPSA) is 54.4 Å². The van der Waals surface area contributed by atoms with Crippen molar-refractivity contribution in [1.82, 2.24) is 0 Å². The minimum Gasteiger partial charge on any atom is -0.282 e. The zero-order valence-electron chi connectivity index (χ0n) is 7.06. The molecule has 0 aliphatic carbocycles. The Morgan fingerprint density at radius 1 is 1.00 bits per heavy atom. The van der Waals surface area contributed by atoms with Gasteiger partial charge in [-0.25, -0.2) is 0 Å². The number of rotatable bonds is 1. The van der Waals surface area contributed by atoms with E-state index in [1.54, 1.807) is 6.07 Å². The quantitative estimate of drug-likeness (QED) is 0.620. The second-order valence-corrected chi connectivity index (χ2v) is 4.74. The second-order valence-electron chi connectivity index (χ2n) is 3.35. The van der Waals surface area contributed by atoms with Crippen molar-refractivity contribution in [1.29, 1.82) is 0 Å². The maximum absolute atomic E-state index is 11.0. The molecule has 4 rings (SSSR count). The minimum atomic E-state index is -4.10. The van der Waals surface area contributed by atoms with E-state index in [-0.39, 0.29) is 4.90 Å². The van der Waals surface area contributed by atoms with E-state index >= 15 is 0 Å². The largest absolute Gasteiger partial charge is 0.295 e. The molecule has 0 atom stereocenters. The van der Waals surface area contributed by atoms with Crippen molar-refractivity contribution in [3.63, 3.8) is 0 Å². The summed E-state index contributed by atoms with van der Waals surface area (Å²) in [4.78, 5) is 0.0121. The fourth-order valence-corrected chi connectivity index (χ4v) is 2.61. The maximum atomic E-state index is 11.0. The smallest absolute Gasteiger partial charge is 0.282 e. The summed E-state index contributed by atoms with van der Waals surface area (Å²) in [6.45, 7) is 0. The van der Waals surface area contributed by atoms with Crippen LogP contribution >= 0.6 is 0 Å². The third-order valence-electron chi connectivity index (χ3n) is 2.55. The highest BCUT2D eigenvalue weighted by atomic mass is 32.2. The molecule has 0 amide bonds. The van der Waals surface area contributed by atoms with Crippen LogP contribution in [0.4, 0.5) is 0 Å². The normalized spacial score (nSPS) is 13.2. The lowest BCUT2D eigenvalue weighted by molar-refractivity contribution is 0.484. The lowest BCUT2D eigenvalue weighted by Crippen LogP contribution is -2.01. The van der Waals surface area contributed by atoms with Gasteiger partial charge in [-0.2, -0.15) is 8.42 Å². The van der Waals surface area contributed by atoms with Crippen LogP contribution in [0, 0.1) is 0 Å². The standard InChI is InChI=1S/C10H6O3S/c11-14(12,13)10-4-6-2-1-3-7-8(6)5-9(7)10/h1-5H,(H,11,12,13). The van der Waals surface area contributed by atoms with Crippen LogP contribution < -0.4 is 0 Å². The van der Waals surface area contributed by atoms with Crippen molar-refractivity contribution >= 4 is 31.7 Å². The Morgan fingerprint density at radius 3 is 2.43 bits per heavy atom. The third-order valence-corrected chi connectivity index (χ3v) is 3.44. The van der Waals surface area contributed by atoms with E-state index in [9.17, 15) is 8.42 Å². The summed E-state index contributed by atoms with van der Waals surface area (Å²) in [6, 6.07) is 8.85. The number of hydrogen-bond acceptors (Lipinski definition) is 2. The van der Waals surface area contributed by atoms with E-state index in [1.165, 1.54) is 6.07 Å². The molecule has 0 fully saturated rings. The number of hydrogen-bond donors (Lipinski definition) is 1. The summed E-state index contributed by atoms with van der Waals surface area (Å²) in [5, 5.41) is 3.45. The fraction of sp³-hybridized carbons (Fsp3) is 0. The SMILES string of the molecule is O=S(=O)(O)c1cc2cccc3c1cc23. The first-order chi connectivity index (χ1) is 6.57. The molecule has 1 N–H and O–H groups in total. The number of benzene rings is 3. The van der Waals surface area contributed by atoms with Gasteiger partial charge < -0.3 is 0 Å². The highest BCUT2D eigenvalue weighted by Gasteiger charge is 2.20. The summed E-state index contributed by atoms with van der Waals surface area (Å²) in [5.74, 6) is 0. The molecule has 0 aliphatic heterocycles. The molecular formula is C10H6O3S. The third kappa shape index (κ3) is 0.818. The van der Waals surface area contributed by atoms with E-state index < -0.39 is 10.1 Å². The van der Waals surface area contributed by atoms with Crippen LogP contribution in [0.25, 0.3) is 21.5 Å². The van der Waals surface area contributed by atoms with Gasteiger partial charge in [0.2, 0.25) is 0 Å².